The van der Waals surface area contributed by atoms with Gasteiger partial charge in [0.15, 0.2) is 23.3 Å². The van der Waals surface area contributed by atoms with Gasteiger partial charge in [0.1, 0.15) is 0 Å². The highest BCUT2D eigenvalue weighted by Gasteiger charge is 2.26. The summed E-state index contributed by atoms with van der Waals surface area (Å²) >= 11 is 0. The summed E-state index contributed by atoms with van der Waals surface area (Å²) in [5, 5.41) is 0. The predicted octanol–water partition coefficient (Wildman–Crippen LogP) is 3.35. The third-order valence-electron chi connectivity index (χ3n) is 2.52. The summed E-state index contributed by atoms with van der Waals surface area (Å²) in [6, 6.07) is 0. The van der Waals surface area contributed by atoms with Crippen LogP contribution >= 0.6 is 0 Å². The molecule has 0 saturated carbocycles. The van der Waals surface area contributed by atoms with E-state index in [9.17, 15) is 22.0 Å². The van der Waals surface area contributed by atoms with Crippen molar-refractivity contribution in [1.29, 1.82) is 0 Å². The second kappa shape index (κ2) is 5.44. The van der Waals surface area contributed by atoms with Gasteiger partial charge in [0.05, 0.1) is 6.10 Å². The average molecular weight is 254 g/mol. The number of ether oxygens (including phenoxy) is 1. The summed E-state index contributed by atoms with van der Waals surface area (Å²) in [6.45, 7) is 1.68. The Morgan fingerprint density at radius 3 is 1.65 bits per heavy atom. The van der Waals surface area contributed by atoms with E-state index in [0.29, 0.717) is 6.42 Å². The van der Waals surface area contributed by atoms with Crippen molar-refractivity contribution in [3.8, 4) is 0 Å². The molecule has 0 aliphatic rings. The maximum Gasteiger partial charge on any atom is 0.200 e. The van der Waals surface area contributed by atoms with Gasteiger partial charge in [-0.1, -0.05) is 6.92 Å². The fourth-order valence-corrected chi connectivity index (χ4v) is 1.45. The Morgan fingerprint density at radius 2 is 1.29 bits per heavy atom. The van der Waals surface area contributed by atoms with E-state index < -0.39 is 40.8 Å². The van der Waals surface area contributed by atoms with Crippen LogP contribution in [0.5, 0.6) is 0 Å². The average Bonchev–Trinajstić information content (AvgIpc) is 2.34. The molecule has 0 aliphatic carbocycles. The van der Waals surface area contributed by atoms with Crippen molar-refractivity contribution in [2.24, 2.45) is 0 Å². The van der Waals surface area contributed by atoms with Crippen LogP contribution in [0, 0.1) is 29.1 Å². The minimum Gasteiger partial charge on any atom is -0.381 e. The van der Waals surface area contributed by atoms with E-state index in [1.165, 1.54) is 7.11 Å². The molecule has 0 saturated heterocycles. The number of methoxy groups -OCH3 is 1. The molecule has 0 aliphatic heterocycles. The Bertz CT molecular complexity index is 386. The van der Waals surface area contributed by atoms with Gasteiger partial charge in [-0.15, -0.1) is 0 Å². The zero-order valence-electron chi connectivity index (χ0n) is 9.29. The second-order valence-electron chi connectivity index (χ2n) is 3.52. The molecule has 17 heavy (non-hydrogen) atoms. The highest BCUT2D eigenvalue weighted by atomic mass is 19.2. The fraction of sp³-hybridized carbons (Fsp3) is 0.455. The van der Waals surface area contributed by atoms with E-state index in [4.69, 9.17) is 4.74 Å². The van der Waals surface area contributed by atoms with Crippen molar-refractivity contribution < 1.29 is 26.7 Å². The Balaban J connectivity index is 3.24. The first-order chi connectivity index (χ1) is 7.93. The van der Waals surface area contributed by atoms with Crippen LogP contribution in [0.3, 0.4) is 0 Å². The lowest BCUT2D eigenvalue weighted by atomic mass is 10.0. The molecule has 96 valence electrons. The SMILES string of the molecule is CCC(Cc1c(F)c(F)c(F)c(F)c1F)OC. The van der Waals surface area contributed by atoms with Crippen LogP contribution in [0.25, 0.3) is 0 Å². The minimum atomic E-state index is -2.14. The van der Waals surface area contributed by atoms with Crippen molar-refractivity contribution in [2.45, 2.75) is 25.9 Å². The number of halogens is 5. The van der Waals surface area contributed by atoms with E-state index >= 15 is 0 Å². The van der Waals surface area contributed by atoms with Crippen molar-refractivity contribution in [2.75, 3.05) is 7.11 Å². The fourth-order valence-electron chi connectivity index (χ4n) is 1.45. The van der Waals surface area contributed by atoms with Crippen molar-refractivity contribution >= 4 is 0 Å². The van der Waals surface area contributed by atoms with Crippen LogP contribution < -0.4 is 0 Å². The minimum absolute atomic E-state index is 0.362. The molecule has 0 heterocycles. The standard InChI is InChI=1S/C11H11F5O/c1-3-5(17-2)4-6-7(12)9(14)11(16)10(15)8(6)13/h5H,3-4H2,1-2H3. The molecule has 0 fully saturated rings. The van der Waals surface area contributed by atoms with Gasteiger partial charge < -0.3 is 4.74 Å². The predicted molar refractivity (Wildman–Crippen MR) is 51.0 cm³/mol. The van der Waals surface area contributed by atoms with Crippen LogP contribution in [0.15, 0.2) is 0 Å². The van der Waals surface area contributed by atoms with E-state index in [2.05, 4.69) is 0 Å². The zero-order valence-corrected chi connectivity index (χ0v) is 9.29. The lowest BCUT2D eigenvalue weighted by molar-refractivity contribution is 0.0977. The first kappa shape index (κ1) is 13.9. The number of benzene rings is 1. The summed E-state index contributed by atoms with van der Waals surface area (Å²) < 4.78 is 69.8. The van der Waals surface area contributed by atoms with Crippen molar-refractivity contribution in [3.05, 3.63) is 34.6 Å². The molecule has 1 atom stereocenters. The summed E-state index contributed by atoms with van der Waals surface area (Å²) in [6.07, 6.45) is -0.558. The smallest absolute Gasteiger partial charge is 0.200 e. The van der Waals surface area contributed by atoms with Gasteiger partial charge in [-0.25, -0.2) is 22.0 Å². The Hall–Kier alpha value is -1.17. The van der Waals surface area contributed by atoms with Gasteiger partial charge in [0, 0.05) is 19.1 Å². The Kier molecular flexibility index (Phi) is 4.45. The van der Waals surface area contributed by atoms with Crippen LogP contribution in [0.1, 0.15) is 18.9 Å². The lowest BCUT2D eigenvalue weighted by Gasteiger charge is -2.14. The molecule has 1 unspecified atom stereocenters. The van der Waals surface area contributed by atoms with Crippen molar-refractivity contribution in [1.82, 2.24) is 0 Å². The van der Waals surface area contributed by atoms with Crippen molar-refractivity contribution in [3.63, 3.8) is 0 Å². The van der Waals surface area contributed by atoms with Gasteiger partial charge in [0.2, 0.25) is 5.82 Å². The van der Waals surface area contributed by atoms with Crippen LogP contribution in [-0.4, -0.2) is 13.2 Å². The molecule has 0 spiro atoms. The molecule has 0 amide bonds. The third-order valence-corrected chi connectivity index (χ3v) is 2.52. The van der Waals surface area contributed by atoms with E-state index in [0.717, 1.165) is 0 Å². The molecule has 0 radical (unpaired) electrons. The lowest BCUT2D eigenvalue weighted by Crippen LogP contribution is -2.17. The highest BCUT2D eigenvalue weighted by molar-refractivity contribution is 5.24. The summed E-state index contributed by atoms with van der Waals surface area (Å²) in [4.78, 5) is 0. The number of hydrogen-bond acceptors (Lipinski definition) is 1. The molecule has 1 rings (SSSR count). The molecule has 1 nitrogen and oxygen atoms in total. The van der Waals surface area contributed by atoms with Gasteiger partial charge in [-0.2, -0.15) is 0 Å². The van der Waals surface area contributed by atoms with Gasteiger partial charge in [-0.3, -0.25) is 0 Å². The number of rotatable bonds is 4. The quantitative estimate of drug-likeness (QED) is 0.455. The van der Waals surface area contributed by atoms with E-state index in [-0.39, 0.29) is 6.42 Å². The largest absolute Gasteiger partial charge is 0.381 e. The summed E-state index contributed by atoms with van der Waals surface area (Å²) in [5.41, 5.74) is -0.838. The van der Waals surface area contributed by atoms with E-state index in [1.807, 2.05) is 0 Å². The molecule has 1 aromatic carbocycles. The first-order valence-electron chi connectivity index (χ1n) is 4.97. The van der Waals surface area contributed by atoms with Gasteiger partial charge in [0.25, 0.3) is 0 Å². The summed E-state index contributed by atoms with van der Waals surface area (Å²) in [7, 11) is 1.31. The van der Waals surface area contributed by atoms with Crippen LogP contribution in [-0.2, 0) is 11.2 Å². The zero-order chi connectivity index (χ0) is 13.2. The molecule has 0 N–H and O–H groups in total. The molecule has 1 aromatic rings. The highest BCUT2D eigenvalue weighted by Crippen LogP contribution is 2.24. The van der Waals surface area contributed by atoms with Gasteiger partial charge in [-0.05, 0) is 6.42 Å². The molecule has 6 heteroatoms. The maximum atomic E-state index is 13.3. The second-order valence-corrected chi connectivity index (χ2v) is 3.52. The topological polar surface area (TPSA) is 9.23 Å². The molecule has 0 bridgehead atoms. The van der Waals surface area contributed by atoms with Gasteiger partial charge >= 0.3 is 0 Å². The monoisotopic (exact) mass is 254 g/mol. The molecular weight excluding hydrogens is 243 g/mol. The van der Waals surface area contributed by atoms with E-state index in [1.54, 1.807) is 6.92 Å². The molecular formula is C11H11F5O. The van der Waals surface area contributed by atoms with Crippen LogP contribution in [0.2, 0.25) is 0 Å². The normalized spacial score (nSPS) is 12.9. The number of hydrogen-bond donors (Lipinski definition) is 0. The van der Waals surface area contributed by atoms with Crippen LogP contribution in [0.4, 0.5) is 22.0 Å². The Morgan fingerprint density at radius 1 is 0.882 bits per heavy atom. The third kappa shape index (κ3) is 2.57. The first-order valence-corrected chi connectivity index (χ1v) is 4.97. The maximum absolute atomic E-state index is 13.3. The molecule has 0 aromatic heterocycles. The Labute approximate surface area is 95.2 Å². The summed E-state index contributed by atoms with van der Waals surface area (Å²) in [5.74, 6) is -9.59.